The summed E-state index contributed by atoms with van der Waals surface area (Å²) >= 11 is 10.8. The summed E-state index contributed by atoms with van der Waals surface area (Å²) in [6, 6.07) is 1.17. The van der Waals surface area contributed by atoms with Gasteiger partial charge in [-0.05, 0) is 0 Å². The molecule has 1 rings (SSSR count). The highest BCUT2D eigenvalue weighted by molar-refractivity contribution is 6.36. The maximum atomic E-state index is 13.0. The molecule has 82 valence electrons. The molecule has 1 nitrogen and oxygen atoms in total. The van der Waals surface area contributed by atoms with Gasteiger partial charge < -0.3 is 5.32 Å². The molecule has 0 saturated heterocycles. The average Bonchev–Trinajstić information content (AvgIpc) is 2.21. The first-order valence-electron chi connectivity index (χ1n) is 3.87. The lowest BCUT2D eigenvalue weighted by Gasteiger charge is -2.06. The van der Waals surface area contributed by atoms with Crippen LogP contribution in [0.2, 0.25) is 0 Å². The van der Waals surface area contributed by atoms with Crippen LogP contribution >= 0.6 is 23.2 Å². The van der Waals surface area contributed by atoms with Crippen LogP contribution in [0.25, 0.3) is 0 Å². The van der Waals surface area contributed by atoms with Crippen molar-refractivity contribution < 1.29 is 13.2 Å². The maximum Gasteiger partial charge on any atom is 0.161 e. The summed E-state index contributed by atoms with van der Waals surface area (Å²) in [5.74, 6) is -3.27. The summed E-state index contributed by atoms with van der Waals surface area (Å²) < 4.78 is 38.3. The number of benzene rings is 1. The van der Waals surface area contributed by atoms with Gasteiger partial charge in [0.15, 0.2) is 11.6 Å². The minimum absolute atomic E-state index is 0.0348. The second kappa shape index (κ2) is 5.28. The Morgan fingerprint density at radius 1 is 1.20 bits per heavy atom. The van der Waals surface area contributed by atoms with Gasteiger partial charge in [-0.25, -0.2) is 13.2 Å². The summed E-state index contributed by atoms with van der Waals surface area (Å²) in [6.07, 6.45) is 0. The number of nitrogens with one attached hydrogen (secondary N) is 1. The lowest BCUT2D eigenvalue weighted by Crippen LogP contribution is -2.04. The van der Waals surface area contributed by atoms with E-state index in [4.69, 9.17) is 23.2 Å². The molecule has 0 aliphatic rings. The molecule has 6 heteroatoms. The van der Waals surface area contributed by atoms with E-state index in [1.807, 2.05) is 0 Å². The molecule has 0 amide bonds. The highest BCUT2D eigenvalue weighted by Gasteiger charge is 2.09. The molecule has 1 N–H and O–H groups in total. The van der Waals surface area contributed by atoms with Crippen molar-refractivity contribution in [3.8, 4) is 0 Å². The molecule has 0 radical (unpaired) electrons. The van der Waals surface area contributed by atoms with Crippen LogP contribution in [0.3, 0.4) is 0 Å². The summed E-state index contributed by atoms with van der Waals surface area (Å²) in [4.78, 5) is 0. The summed E-state index contributed by atoms with van der Waals surface area (Å²) in [5, 5.41) is 2.69. The van der Waals surface area contributed by atoms with Gasteiger partial charge in [0.25, 0.3) is 0 Å². The number of halogens is 5. The third-order valence-corrected chi connectivity index (χ3v) is 2.19. The van der Waals surface area contributed by atoms with Crippen LogP contribution in [0.1, 0.15) is 0 Å². The predicted octanol–water partition coefficient (Wildman–Crippen LogP) is 3.83. The second-order valence-electron chi connectivity index (χ2n) is 2.66. The van der Waals surface area contributed by atoms with E-state index in [1.165, 1.54) is 0 Å². The van der Waals surface area contributed by atoms with Crippen molar-refractivity contribution in [1.82, 2.24) is 0 Å². The van der Waals surface area contributed by atoms with Gasteiger partial charge in [-0.3, -0.25) is 0 Å². The predicted molar refractivity (Wildman–Crippen MR) is 54.6 cm³/mol. The monoisotopic (exact) mass is 255 g/mol. The first-order chi connectivity index (χ1) is 7.04. The minimum Gasteiger partial charge on any atom is -0.378 e. The molecule has 1 aromatic rings. The van der Waals surface area contributed by atoms with Gasteiger partial charge >= 0.3 is 0 Å². The molecule has 15 heavy (non-hydrogen) atoms. The van der Waals surface area contributed by atoms with E-state index in [1.54, 1.807) is 0 Å². The van der Waals surface area contributed by atoms with Crippen LogP contribution in [0.15, 0.2) is 22.7 Å². The zero-order valence-electron chi connectivity index (χ0n) is 7.33. The zero-order valence-corrected chi connectivity index (χ0v) is 8.84. The Hall–Kier alpha value is -0.870. The Labute approximate surface area is 94.5 Å². The Bertz CT molecular complexity index is 393. The largest absolute Gasteiger partial charge is 0.378 e. The molecule has 0 spiro atoms. The number of hydrogen-bond acceptors (Lipinski definition) is 1. The van der Waals surface area contributed by atoms with Gasteiger partial charge in [0.1, 0.15) is 5.82 Å². The Kier molecular flexibility index (Phi) is 4.29. The highest BCUT2D eigenvalue weighted by atomic mass is 35.5. The molecule has 0 bridgehead atoms. The van der Waals surface area contributed by atoms with Crippen molar-refractivity contribution in [2.24, 2.45) is 0 Å². The van der Waals surface area contributed by atoms with Gasteiger partial charge in [0.2, 0.25) is 0 Å². The standard InChI is InChI=1S/C9H6Cl2F3N/c10-3-5(11)4-15-9-2-7(13)6(12)1-8(9)14/h1-3,15H,4H2. The first kappa shape index (κ1) is 12.2. The topological polar surface area (TPSA) is 12.0 Å². The lowest BCUT2D eigenvalue weighted by molar-refractivity contribution is 0.496. The molecule has 0 aliphatic heterocycles. The molecule has 0 saturated carbocycles. The number of hydrogen-bond donors (Lipinski definition) is 1. The minimum atomic E-state index is -1.24. The smallest absolute Gasteiger partial charge is 0.161 e. The third kappa shape index (κ3) is 3.32. The van der Waals surface area contributed by atoms with E-state index >= 15 is 0 Å². The zero-order chi connectivity index (χ0) is 11.4. The van der Waals surface area contributed by atoms with E-state index in [9.17, 15) is 13.2 Å². The van der Waals surface area contributed by atoms with Gasteiger partial charge in [-0.1, -0.05) is 23.2 Å². The van der Waals surface area contributed by atoms with E-state index in [0.29, 0.717) is 12.1 Å². The van der Waals surface area contributed by atoms with E-state index in [-0.39, 0.29) is 17.3 Å². The van der Waals surface area contributed by atoms with E-state index < -0.39 is 17.5 Å². The highest BCUT2D eigenvalue weighted by Crippen LogP contribution is 2.19. The molecule has 0 unspecified atom stereocenters. The van der Waals surface area contributed by atoms with Crippen LogP contribution < -0.4 is 5.32 Å². The van der Waals surface area contributed by atoms with Crippen molar-refractivity contribution in [3.05, 3.63) is 40.2 Å². The van der Waals surface area contributed by atoms with Crippen molar-refractivity contribution in [1.29, 1.82) is 0 Å². The van der Waals surface area contributed by atoms with Crippen molar-refractivity contribution in [2.75, 3.05) is 11.9 Å². The molecular formula is C9H6Cl2F3N. The van der Waals surface area contributed by atoms with Crippen LogP contribution in [-0.4, -0.2) is 6.54 Å². The quantitative estimate of drug-likeness (QED) is 0.810. The fourth-order valence-electron chi connectivity index (χ4n) is 0.876. The Morgan fingerprint density at radius 2 is 1.80 bits per heavy atom. The number of anilines is 1. The molecule has 0 aliphatic carbocycles. The fraction of sp³-hybridized carbons (Fsp3) is 0.111. The van der Waals surface area contributed by atoms with E-state index in [2.05, 4.69) is 5.32 Å². The van der Waals surface area contributed by atoms with Gasteiger partial charge in [-0.2, -0.15) is 0 Å². The maximum absolute atomic E-state index is 13.0. The van der Waals surface area contributed by atoms with Gasteiger partial charge in [0.05, 0.1) is 12.2 Å². The number of rotatable bonds is 3. The molecular weight excluding hydrogens is 250 g/mol. The summed E-state index contributed by atoms with van der Waals surface area (Å²) in [7, 11) is 0. The third-order valence-electron chi connectivity index (χ3n) is 1.58. The lowest BCUT2D eigenvalue weighted by atomic mass is 10.3. The van der Waals surface area contributed by atoms with Gasteiger partial charge in [-0.15, -0.1) is 0 Å². The average molecular weight is 256 g/mol. The summed E-state index contributed by atoms with van der Waals surface area (Å²) in [6.45, 7) is 0.0348. The molecule has 1 aromatic carbocycles. The fourth-order valence-corrected chi connectivity index (χ4v) is 1.02. The van der Waals surface area contributed by atoms with Crippen LogP contribution in [-0.2, 0) is 0 Å². The molecule has 0 aromatic heterocycles. The van der Waals surface area contributed by atoms with Crippen molar-refractivity contribution in [3.63, 3.8) is 0 Å². The van der Waals surface area contributed by atoms with Gasteiger partial charge in [0, 0.05) is 22.7 Å². The SMILES string of the molecule is Fc1cc(F)c(NCC(Cl)=CCl)cc1F. The van der Waals surface area contributed by atoms with E-state index in [0.717, 1.165) is 5.54 Å². The Morgan fingerprint density at radius 3 is 2.40 bits per heavy atom. The molecule has 0 fully saturated rings. The van der Waals surface area contributed by atoms with Crippen LogP contribution in [0.4, 0.5) is 18.9 Å². The van der Waals surface area contributed by atoms with Crippen molar-refractivity contribution in [2.45, 2.75) is 0 Å². The first-order valence-corrected chi connectivity index (χ1v) is 4.69. The molecule has 0 heterocycles. The van der Waals surface area contributed by atoms with Crippen LogP contribution in [0, 0.1) is 17.5 Å². The second-order valence-corrected chi connectivity index (χ2v) is 3.36. The van der Waals surface area contributed by atoms with Crippen molar-refractivity contribution >= 4 is 28.9 Å². The Balaban J connectivity index is 2.82. The summed E-state index contributed by atoms with van der Waals surface area (Å²) in [5.41, 5.74) is 0.914. The van der Waals surface area contributed by atoms with Crippen LogP contribution in [0.5, 0.6) is 0 Å². The molecule has 0 atom stereocenters. The normalized spacial score (nSPS) is 11.7.